The van der Waals surface area contributed by atoms with Crippen LogP contribution in [0.25, 0.3) is 0 Å². The van der Waals surface area contributed by atoms with Crippen LogP contribution in [0.3, 0.4) is 0 Å². The Morgan fingerprint density at radius 3 is 2.80 bits per heavy atom. The van der Waals surface area contributed by atoms with Gasteiger partial charge in [0, 0.05) is 24.6 Å². The Morgan fingerprint density at radius 1 is 1.52 bits per heavy atom. The van der Waals surface area contributed by atoms with Crippen LogP contribution < -0.4 is 5.73 Å². The first-order valence-corrected chi connectivity index (χ1v) is 9.33. The van der Waals surface area contributed by atoms with Gasteiger partial charge in [0.2, 0.25) is 5.91 Å². The summed E-state index contributed by atoms with van der Waals surface area (Å²) in [5.41, 5.74) is 6.88. The maximum Gasteiger partial charge on any atom is 0.227 e. The molecule has 1 heterocycles. The van der Waals surface area contributed by atoms with Crippen molar-refractivity contribution in [2.75, 3.05) is 13.7 Å². The molecule has 8 heteroatoms. The van der Waals surface area contributed by atoms with E-state index in [4.69, 9.17) is 10.5 Å². The molecule has 0 saturated heterocycles. The molecular weight excluding hydrogens is 381 g/mol. The third kappa shape index (κ3) is 6.36. The standard InChI is InChI=1S/C17H29N3O2S.2ClH/c1-5-22-12(2)15-19-13(11-23-15)10-20(4)16(21)14-8-6-7-9-17(14,3)18;;/h11-12,14H,5-10,18H2,1-4H3;2*1H. The van der Waals surface area contributed by atoms with Crippen LogP contribution in [0.4, 0.5) is 0 Å². The van der Waals surface area contributed by atoms with Gasteiger partial charge in [-0.1, -0.05) is 12.8 Å². The van der Waals surface area contributed by atoms with E-state index in [1.54, 1.807) is 16.2 Å². The first-order chi connectivity index (χ1) is 10.8. The molecule has 0 aromatic carbocycles. The van der Waals surface area contributed by atoms with Gasteiger partial charge in [0.1, 0.15) is 11.1 Å². The molecule has 1 amide bonds. The quantitative estimate of drug-likeness (QED) is 0.768. The van der Waals surface area contributed by atoms with Crippen LogP contribution in [0.1, 0.15) is 63.3 Å². The highest BCUT2D eigenvalue weighted by Gasteiger charge is 2.39. The fraction of sp³-hybridized carbons (Fsp3) is 0.765. The van der Waals surface area contributed by atoms with E-state index in [9.17, 15) is 4.79 Å². The fourth-order valence-electron chi connectivity index (χ4n) is 3.25. The van der Waals surface area contributed by atoms with Gasteiger partial charge in [0.05, 0.1) is 18.2 Å². The van der Waals surface area contributed by atoms with Crippen LogP contribution in [-0.2, 0) is 16.1 Å². The van der Waals surface area contributed by atoms with Gasteiger partial charge < -0.3 is 15.4 Å². The van der Waals surface area contributed by atoms with Crippen molar-refractivity contribution in [3.63, 3.8) is 0 Å². The Hall–Kier alpha value is -0.400. The zero-order chi connectivity index (χ0) is 17.0. The molecule has 1 aliphatic rings. The molecular formula is C17H31Cl2N3O2S. The Morgan fingerprint density at radius 2 is 2.20 bits per heavy atom. The second-order valence-corrected chi connectivity index (χ2v) is 7.66. The lowest BCUT2D eigenvalue weighted by molar-refractivity contribution is -0.138. The van der Waals surface area contributed by atoms with Crippen molar-refractivity contribution >= 4 is 42.1 Å². The van der Waals surface area contributed by atoms with E-state index in [0.29, 0.717) is 13.2 Å². The van der Waals surface area contributed by atoms with Crippen LogP contribution >= 0.6 is 36.2 Å². The highest BCUT2D eigenvalue weighted by Crippen LogP contribution is 2.33. The zero-order valence-corrected chi connectivity index (χ0v) is 17.9. The summed E-state index contributed by atoms with van der Waals surface area (Å²) in [6.45, 7) is 7.19. The molecule has 3 atom stereocenters. The molecule has 0 radical (unpaired) electrons. The first kappa shape index (κ1) is 24.6. The number of aromatic nitrogens is 1. The van der Waals surface area contributed by atoms with Gasteiger partial charge >= 0.3 is 0 Å². The Bertz CT molecular complexity index is 540. The number of hydrogen-bond donors (Lipinski definition) is 1. The van der Waals surface area contributed by atoms with Crippen molar-refractivity contribution in [1.82, 2.24) is 9.88 Å². The summed E-state index contributed by atoms with van der Waals surface area (Å²) in [6.07, 6.45) is 4.02. The summed E-state index contributed by atoms with van der Waals surface area (Å²) >= 11 is 1.59. The third-order valence-corrected chi connectivity index (χ3v) is 5.72. The van der Waals surface area contributed by atoms with Gasteiger partial charge in [-0.2, -0.15) is 0 Å². The minimum atomic E-state index is -0.389. The Labute approximate surface area is 167 Å². The monoisotopic (exact) mass is 411 g/mol. The normalized spacial score (nSPS) is 24.0. The lowest BCUT2D eigenvalue weighted by Gasteiger charge is -2.39. The number of carbonyl (C=O) groups is 1. The molecule has 146 valence electrons. The van der Waals surface area contributed by atoms with Crippen LogP contribution in [0.5, 0.6) is 0 Å². The molecule has 5 nitrogen and oxygen atoms in total. The third-order valence-electron chi connectivity index (χ3n) is 4.66. The number of hydrogen-bond acceptors (Lipinski definition) is 5. The Kier molecular flexibility index (Phi) is 10.5. The average molecular weight is 412 g/mol. The van der Waals surface area contributed by atoms with E-state index in [0.717, 1.165) is 36.4 Å². The lowest BCUT2D eigenvalue weighted by Crippen LogP contribution is -2.53. The highest BCUT2D eigenvalue weighted by molar-refractivity contribution is 7.09. The van der Waals surface area contributed by atoms with Gasteiger partial charge in [0.15, 0.2) is 0 Å². The van der Waals surface area contributed by atoms with E-state index in [1.807, 2.05) is 33.2 Å². The maximum absolute atomic E-state index is 12.8. The number of halogens is 2. The van der Waals surface area contributed by atoms with Crippen LogP contribution in [-0.4, -0.2) is 35.0 Å². The summed E-state index contributed by atoms with van der Waals surface area (Å²) in [5, 5.41) is 2.97. The van der Waals surface area contributed by atoms with Crippen molar-refractivity contribution in [3.8, 4) is 0 Å². The smallest absolute Gasteiger partial charge is 0.227 e. The van der Waals surface area contributed by atoms with Crippen molar-refractivity contribution < 1.29 is 9.53 Å². The second kappa shape index (κ2) is 10.7. The second-order valence-electron chi connectivity index (χ2n) is 6.77. The number of nitrogens with two attached hydrogens (primary N) is 1. The number of carbonyl (C=O) groups excluding carboxylic acids is 1. The first-order valence-electron chi connectivity index (χ1n) is 8.45. The SMILES string of the molecule is CCOC(C)c1nc(CN(C)C(=O)C2CCCCC2(C)N)cs1.Cl.Cl. The molecule has 0 spiro atoms. The van der Waals surface area contributed by atoms with Crippen LogP contribution in [0.15, 0.2) is 5.38 Å². The molecule has 2 N–H and O–H groups in total. The minimum Gasteiger partial charge on any atom is -0.372 e. The number of thiazole rings is 1. The predicted octanol–water partition coefficient (Wildman–Crippen LogP) is 3.95. The highest BCUT2D eigenvalue weighted by atomic mass is 35.5. The number of nitrogens with zero attached hydrogens (tertiary/aromatic N) is 2. The Balaban J connectivity index is 0.00000288. The van der Waals surface area contributed by atoms with Crippen LogP contribution in [0.2, 0.25) is 0 Å². The van der Waals surface area contributed by atoms with Crippen molar-refractivity contribution in [2.45, 2.75) is 64.6 Å². The summed E-state index contributed by atoms with van der Waals surface area (Å²) in [6, 6.07) is 0. The molecule has 1 aromatic heterocycles. The number of amides is 1. The minimum absolute atomic E-state index is 0. The average Bonchev–Trinajstić information content (AvgIpc) is 2.95. The van der Waals surface area contributed by atoms with Crippen LogP contribution in [0, 0.1) is 5.92 Å². The van der Waals surface area contributed by atoms with E-state index in [1.165, 1.54) is 0 Å². The number of ether oxygens (including phenoxy) is 1. The maximum atomic E-state index is 12.8. The molecule has 1 saturated carbocycles. The lowest BCUT2D eigenvalue weighted by atomic mass is 9.74. The van der Waals surface area contributed by atoms with Gasteiger partial charge in [-0.3, -0.25) is 4.79 Å². The van der Waals surface area contributed by atoms with Crippen molar-refractivity contribution in [2.24, 2.45) is 11.7 Å². The summed E-state index contributed by atoms with van der Waals surface area (Å²) in [7, 11) is 1.85. The molecule has 2 rings (SSSR count). The molecule has 1 fully saturated rings. The van der Waals surface area contributed by atoms with Crippen molar-refractivity contribution in [3.05, 3.63) is 16.1 Å². The van der Waals surface area contributed by atoms with E-state index in [2.05, 4.69) is 4.98 Å². The summed E-state index contributed by atoms with van der Waals surface area (Å²) in [4.78, 5) is 19.1. The predicted molar refractivity (Wildman–Crippen MR) is 108 cm³/mol. The largest absolute Gasteiger partial charge is 0.372 e. The van der Waals surface area contributed by atoms with E-state index >= 15 is 0 Å². The summed E-state index contributed by atoms with van der Waals surface area (Å²) in [5.74, 6) is 0.0591. The van der Waals surface area contributed by atoms with Gasteiger partial charge in [-0.25, -0.2) is 4.98 Å². The topological polar surface area (TPSA) is 68.5 Å². The van der Waals surface area contributed by atoms with E-state index < -0.39 is 0 Å². The van der Waals surface area contributed by atoms with Gasteiger partial charge in [0.25, 0.3) is 0 Å². The van der Waals surface area contributed by atoms with Gasteiger partial charge in [-0.05, 0) is 33.6 Å². The fourth-order valence-corrected chi connectivity index (χ4v) is 4.07. The van der Waals surface area contributed by atoms with Crippen molar-refractivity contribution in [1.29, 1.82) is 0 Å². The summed E-state index contributed by atoms with van der Waals surface area (Å²) < 4.78 is 5.57. The molecule has 25 heavy (non-hydrogen) atoms. The molecule has 0 aliphatic heterocycles. The van der Waals surface area contributed by atoms with Gasteiger partial charge in [-0.15, -0.1) is 36.2 Å². The molecule has 0 bridgehead atoms. The molecule has 1 aliphatic carbocycles. The molecule has 1 aromatic rings. The number of rotatable bonds is 6. The molecule has 3 unspecified atom stereocenters. The zero-order valence-electron chi connectivity index (χ0n) is 15.5. The van der Waals surface area contributed by atoms with E-state index in [-0.39, 0.29) is 48.3 Å².